The SMILES string of the molecule is CCOCCN(CCOSCC)C(=O)CCCCC(=O)N1CCO[Si](CC)(CC)OCC1. The third kappa shape index (κ3) is 11.5. The molecule has 0 aromatic rings. The first-order chi connectivity index (χ1) is 15.5. The van der Waals surface area contributed by atoms with Gasteiger partial charge in [-0.05, 0) is 43.9 Å². The molecule has 10 heteroatoms. The number of carbonyl (C=O) groups excluding carboxylic acids is 2. The number of unbranched alkanes of at least 4 members (excludes halogenated alkanes) is 1. The first-order valence-corrected chi connectivity index (χ1v) is 15.3. The molecule has 0 unspecified atom stereocenters. The van der Waals surface area contributed by atoms with Crippen molar-refractivity contribution in [1.29, 1.82) is 0 Å². The van der Waals surface area contributed by atoms with Crippen molar-refractivity contribution in [2.24, 2.45) is 0 Å². The van der Waals surface area contributed by atoms with Crippen LogP contribution in [0.25, 0.3) is 0 Å². The van der Waals surface area contributed by atoms with E-state index in [1.165, 1.54) is 12.0 Å². The maximum atomic E-state index is 12.6. The highest BCUT2D eigenvalue weighted by molar-refractivity contribution is 7.94. The summed E-state index contributed by atoms with van der Waals surface area (Å²) in [5, 5.41) is 0. The van der Waals surface area contributed by atoms with Crippen molar-refractivity contribution in [3.05, 3.63) is 0 Å². The molecular formula is C22H44N2O6SSi. The molecule has 1 heterocycles. The van der Waals surface area contributed by atoms with E-state index in [0.29, 0.717) is 84.9 Å². The van der Waals surface area contributed by atoms with Crippen molar-refractivity contribution in [2.45, 2.75) is 65.5 Å². The van der Waals surface area contributed by atoms with Crippen LogP contribution in [0.4, 0.5) is 0 Å². The molecule has 0 atom stereocenters. The Morgan fingerprint density at radius 2 is 1.59 bits per heavy atom. The molecule has 1 rings (SSSR count). The van der Waals surface area contributed by atoms with Gasteiger partial charge in [-0.15, -0.1) is 0 Å². The van der Waals surface area contributed by atoms with Crippen molar-refractivity contribution in [1.82, 2.24) is 9.80 Å². The first-order valence-electron chi connectivity index (χ1n) is 12.2. The molecule has 32 heavy (non-hydrogen) atoms. The Balaban J connectivity index is 2.34. The van der Waals surface area contributed by atoms with Gasteiger partial charge in [0.2, 0.25) is 11.8 Å². The summed E-state index contributed by atoms with van der Waals surface area (Å²) >= 11 is 1.41. The van der Waals surface area contributed by atoms with Crippen LogP contribution in [0.1, 0.15) is 53.4 Å². The van der Waals surface area contributed by atoms with Gasteiger partial charge in [-0.25, -0.2) is 0 Å². The van der Waals surface area contributed by atoms with Gasteiger partial charge in [0, 0.05) is 51.4 Å². The molecule has 0 aromatic heterocycles. The van der Waals surface area contributed by atoms with Crippen LogP contribution in [0.2, 0.25) is 12.1 Å². The Labute approximate surface area is 200 Å². The summed E-state index contributed by atoms with van der Waals surface area (Å²) in [5.74, 6) is 1.09. The molecule has 1 fully saturated rings. The van der Waals surface area contributed by atoms with Crippen LogP contribution < -0.4 is 0 Å². The highest BCUT2D eigenvalue weighted by Gasteiger charge is 2.35. The second kappa shape index (κ2) is 17.8. The monoisotopic (exact) mass is 492 g/mol. The maximum absolute atomic E-state index is 12.6. The molecule has 0 aliphatic carbocycles. The van der Waals surface area contributed by atoms with Gasteiger partial charge in [0.1, 0.15) is 0 Å². The molecule has 188 valence electrons. The summed E-state index contributed by atoms with van der Waals surface area (Å²) in [6.45, 7) is 13.4. The van der Waals surface area contributed by atoms with E-state index >= 15 is 0 Å². The molecule has 1 aliphatic heterocycles. The number of hydrogen-bond acceptors (Lipinski definition) is 7. The zero-order chi connectivity index (χ0) is 23.7. The predicted octanol–water partition coefficient (Wildman–Crippen LogP) is 3.45. The molecule has 1 aliphatic rings. The molecule has 0 bridgehead atoms. The Kier molecular flexibility index (Phi) is 16.3. The quantitative estimate of drug-likeness (QED) is 0.185. The Morgan fingerprint density at radius 3 is 2.19 bits per heavy atom. The number of amides is 2. The first kappa shape index (κ1) is 29.4. The van der Waals surface area contributed by atoms with Gasteiger partial charge in [0.25, 0.3) is 0 Å². The third-order valence-electron chi connectivity index (χ3n) is 5.62. The summed E-state index contributed by atoms with van der Waals surface area (Å²) < 4.78 is 23.0. The summed E-state index contributed by atoms with van der Waals surface area (Å²) in [7, 11) is -2.06. The fraction of sp³-hybridized carbons (Fsp3) is 0.909. The summed E-state index contributed by atoms with van der Waals surface area (Å²) in [6.07, 6.45) is 2.29. The molecule has 0 radical (unpaired) electrons. The van der Waals surface area contributed by atoms with E-state index in [1.807, 2.05) is 18.7 Å². The summed E-state index contributed by atoms with van der Waals surface area (Å²) in [5.41, 5.74) is 0. The van der Waals surface area contributed by atoms with Gasteiger partial charge in [-0.2, -0.15) is 0 Å². The minimum Gasteiger partial charge on any atom is -0.392 e. The molecule has 0 aromatic carbocycles. The van der Waals surface area contributed by atoms with E-state index in [2.05, 4.69) is 13.8 Å². The van der Waals surface area contributed by atoms with E-state index in [-0.39, 0.29) is 11.8 Å². The summed E-state index contributed by atoms with van der Waals surface area (Å²) in [6, 6.07) is 1.88. The third-order valence-corrected chi connectivity index (χ3v) is 9.81. The largest absolute Gasteiger partial charge is 0.392 e. The molecule has 0 spiro atoms. The van der Waals surface area contributed by atoms with Crippen molar-refractivity contribution in [3.8, 4) is 0 Å². The van der Waals surface area contributed by atoms with Crippen LogP contribution in [0.5, 0.6) is 0 Å². The van der Waals surface area contributed by atoms with Crippen LogP contribution in [-0.4, -0.2) is 95.1 Å². The number of nitrogens with zero attached hydrogens (tertiary/aromatic N) is 2. The molecule has 0 N–H and O–H groups in total. The number of hydrogen-bond donors (Lipinski definition) is 0. The Bertz CT molecular complexity index is 513. The minimum atomic E-state index is -2.06. The second-order valence-electron chi connectivity index (χ2n) is 7.71. The Hall–Kier alpha value is -0.653. The topological polar surface area (TPSA) is 77.5 Å². The van der Waals surface area contributed by atoms with Crippen LogP contribution in [0, 0.1) is 0 Å². The van der Waals surface area contributed by atoms with Crippen molar-refractivity contribution in [3.63, 3.8) is 0 Å². The normalized spacial score (nSPS) is 16.4. The lowest BCUT2D eigenvalue weighted by Crippen LogP contribution is -2.48. The van der Waals surface area contributed by atoms with Gasteiger partial charge < -0.3 is 27.6 Å². The van der Waals surface area contributed by atoms with Crippen LogP contribution >= 0.6 is 12.0 Å². The predicted molar refractivity (Wildman–Crippen MR) is 131 cm³/mol. The average molecular weight is 493 g/mol. The molecule has 1 saturated heterocycles. The fourth-order valence-electron chi connectivity index (χ4n) is 3.58. The molecule has 2 amide bonds. The summed E-state index contributed by atoms with van der Waals surface area (Å²) in [4.78, 5) is 28.9. The number of carbonyl (C=O) groups is 2. The lowest BCUT2D eigenvalue weighted by molar-refractivity contribution is -0.134. The van der Waals surface area contributed by atoms with E-state index in [0.717, 1.165) is 17.8 Å². The van der Waals surface area contributed by atoms with Crippen molar-refractivity contribution in [2.75, 3.05) is 65.0 Å². The smallest absolute Gasteiger partial charge is 0.337 e. The van der Waals surface area contributed by atoms with Gasteiger partial charge in [-0.1, -0.05) is 20.8 Å². The van der Waals surface area contributed by atoms with Gasteiger partial charge in [0.05, 0.1) is 26.4 Å². The minimum absolute atomic E-state index is 0.0933. The Morgan fingerprint density at radius 1 is 0.969 bits per heavy atom. The number of rotatable bonds is 16. The van der Waals surface area contributed by atoms with Crippen LogP contribution in [0.15, 0.2) is 0 Å². The van der Waals surface area contributed by atoms with Crippen molar-refractivity contribution < 1.29 is 27.4 Å². The highest BCUT2D eigenvalue weighted by atomic mass is 32.2. The maximum Gasteiger partial charge on any atom is 0.337 e. The van der Waals surface area contributed by atoms with Crippen LogP contribution in [-0.2, 0) is 27.4 Å². The van der Waals surface area contributed by atoms with E-state index in [1.54, 1.807) is 4.90 Å². The average Bonchev–Trinajstić information content (AvgIpc) is 2.78. The zero-order valence-corrected chi connectivity index (χ0v) is 22.4. The van der Waals surface area contributed by atoms with Gasteiger partial charge in [0.15, 0.2) is 0 Å². The van der Waals surface area contributed by atoms with E-state index in [4.69, 9.17) is 17.8 Å². The van der Waals surface area contributed by atoms with E-state index in [9.17, 15) is 9.59 Å². The van der Waals surface area contributed by atoms with Gasteiger partial charge in [-0.3, -0.25) is 9.59 Å². The molecule has 8 nitrogen and oxygen atoms in total. The van der Waals surface area contributed by atoms with Gasteiger partial charge >= 0.3 is 8.56 Å². The van der Waals surface area contributed by atoms with Crippen molar-refractivity contribution >= 4 is 32.4 Å². The molecular weight excluding hydrogens is 448 g/mol. The van der Waals surface area contributed by atoms with E-state index < -0.39 is 8.56 Å². The van der Waals surface area contributed by atoms with Crippen LogP contribution in [0.3, 0.4) is 0 Å². The standard InChI is InChI=1S/C22H44N2O6SSi/c1-5-27-17-13-23(14-18-28-31-6-2)21(25)11-9-10-12-22(26)24-15-19-29-32(7-3,8-4)30-20-16-24/h5-20H2,1-4H3. The molecule has 0 saturated carbocycles. The lowest BCUT2D eigenvalue weighted by atomic mass is 10.1. The second-order valence-corrected chi connectivity index (χ2v) is 12.6. The zero-order valence-electron chi connectivity index (χ0n) is 20.6. The highest BCUT2D eigenvalue weighted by Crippen LogP contribution is 2.20. The number of ether oxygens (including phenoxy) is 1. The fourth-order valence-corrected chi connectivity index (χ4v) is 6.27. The lowest BCUT2D eigenvalue weighted by Gasteiger charge is -2.34.